The summed E-state index contributed by atoms with van der Waals surface area (Å²) < 4.78 is 55.0. The number of pyridine rings is 1. The number of aryl methyl sites for hydroxylation is 1. The molecule has 1 atom stereocenters. The molecule has 1 amide bonds. The summed E-state index contributed by atoms with van der Waals surface area (Å²) in [6.45, 7) is 6.94. The summed E-state index contributed by atoms with van der Waals surface area (Å²) in [4.78, 5) is 15.7. The van der Waals surface area contributed by atoms with Gasteiger partial charge in [-0.15, -0.1) is 0 Å². The third kappa shape index (κ3) is 8.74. The van der Waals surface area contributed by atoms with Gasteiger partial charge in [-0.2, -0.15) is 8.78 Å². The highest BCUT2D eigenvalue weighted by atomic mass is 19.3. The Morgan fingerprint density at radius 1 is 1.33 bits per heavy atom. The molecule has 0 aromatic carbocycles. The molecule has 0 radical (unpaired) electrons. The molecule has 0 saturated heterocycles. The Balaban J connectivity index is 2.44. The number of allylic oxidation sites excluding steroid dienone is 1. The van der Waals surface area contributed by atoms with Crippen LogP contribution in [0.1, 0.15) is 26.0 Å². The highest BCUT2D eigenvalue weighted by Crippen LogP contribution is 2.23. The highest BCUT2D eigenvalue weighted by molar-refractivity contribution is 5.87. The number of amides is 1. The molecule has 9 heteroatoms. The van der Waals surface area contributed by atoms with E-state index in [2.05, 4.69) is 29.5 Å². The summed E-state index contributed by atoms with van der Waals surface area (Å²) >= 11 is 0. The number of hydrogen-bond donors (Lipinski definition) is 2. The van der Waals surface area contributed by atoms with E-state index in [0.717, 1.165) is 17.8 Å². The zero-order chi connectivity index (χ0) is 20.4. The van der Waals surface area contributed by atoms with Crippen LogP contribution in [-0.4, -0.2) is 42.9 Å². The molecule has 1 aromatic rings. The molecule has 152 valence electrons. The van der Waals surface area contributed by atoms with Crippen molar-refractivity contribution in [3.8, 4) is 5.88 Å². The second-order valence-corrected chi connectivity index (χ2v) is 6.19. The fraction of sp³-hybridized carbons (Fsp3) is 0.556. The Kier molecular flexibility index (Phi) is 9.04. The van der Waals surface area contributed by atoms with E-state index < -0.39 is 18.3 Å². The standard InChI is InChI=1S/C18H25F4N3O2/c1-4-12(2)11-27-16-10-14(9-13(3)25-16)23-7-8-24-15(26)5-6-18(21,22)17(19)20/h5-6,9-10,12,17H,4,7-8,11H2,1-3H3,(H,23,25)(H,24,26)/b6-5+. The molecule has 0 saturated carbocycles. The van der Waals surface area contributed by atoms with Gasteiger partial charge < -0.3 is 15.4 Å². The lowest BCUT2D eigenvalue weighted by molar-refractivity contribution is -0.117. The van der Waals surface area contributed by atoms with Crippen LogP contribution in [0.25, 0.3) is 0 Å². The molecular weight excluding hydrogens is 366 g/mol. The van der Waals surface area contributed by atoms with Gasteiger partial charge in [0.15, 0.2) is 0 Å². The average Bonchev–Trinajstić information content (AvgIpc) is 2.61. The first kappa shape index (κ1) is 22.7. The largest absolute Gasteiger partial charge is 0.477 e. The number of nitrogens with one attached hydrogen (secondary N) is 2. The SMILES string of the molecule is CCC(C)COc1cc(NCCNC(=O)/C=C/C(F)(F)C(F)F)cc(C)n1. The maximum Gasteiger partial charge on any atom is 0.326 e. The van der Waals surface area contributed by atoms with Crippen molar-refractivity contribution < 1.29 is 27.1 Å². The Morgan fingerprint density at radius 3 is 2.67 bits per heavy atom. The Labute approximate surface area is 156 Å². The maximum atomic E-state index is 12.7. The van der Waals surface area contributed by atoms with Gasteiger partial charge >= 0.3 is 12.3 Å². The van der Waals surface area contributed by atoms with Crippen molar-refractivity contribution >= 4 is 11.6 Å². The molecule has 1 rings (SSSR count). The molecular formula is C18H25F4N3O2. The van der Waals surface area contributed by atoms with E-state index in [9.17, 15) is 22.4 Å². The predicted molar refractivity (Wildman–Crippen MR) is 95.5 cm³/mol. The molecule has 5 nitrogen and oxygen atoms in total. The van der Waals surface area contributed by atoms with E-state index in [-0.39, 0.29) is 12.6 Å². The van der Waals surface area contributed by atoms with Gasteiger partial charge in [-0.05, 0) is 25.0 Å². The molecule has 27 heavy (non-hydrogen) atoms. The van der Waals surface area contributed by atoms with Crippen molar-refractivity contribution in [2.75, 3.05) is 25.0 Å². The van der Waals surface area contributed by atoms with Crippen LogP contribution in [0.5, 0.6) is 5.88 Å². The third-order valence-electron chi connectivity index (χ3n) is 3.64. The number of alkyl halides is 4. The van der Waals surface area contributed by atoms with Gasteiger partial charge in [-0.1, -0.05) is 20.3 Å². The quantitative estimate of drug-likeness (QED) is 0.342. The summed E-state index contributed by atoms with van der Waals surface area (Å²) in [5.74, 6) is -4.31. The van der Waals surface area contributed by atoms with Crippen molar-refractivity contribution in [2.24, 2.45) is 5.92 Å². The fourth-order valence-corrected chi connectivity index (χ4v) is 1.87. The van der Waals surface area contributed by atoms with Gasteiger partial charge in [0.05, 0.1) is 6.61 Å². The van der Waals surface area contributed by atoms with Crippen LogP contribution >= 0.6 is 0 Å². The molecule has 0 aliphatic carbocycles. The minimum atomic E-state index is -4.32. The summed E-state index contributed by atoms with van der Waals surface area (Å²) in [5, 5.41) is 5.37. The molecule has 0 spiro atoms. The summed E-state index contributed by atoms with van der Waals surface area (Å²) in [6.07, 6.45) is -2.55. The lowest BCUT2D eigenvalue weighted by atomic mass is 10.1. The van der Waals surface area contributed by atoms with Gasteiger partial charge in [-0.25, -0.2) is 13.8 Å². The topological polar surface area (TPSA) is 63.2 Å². The van der Waals surface area contributed by atoms with Gasteiger partial charge in [0.2, 0.25) is 11.8 Å². The third-order valence-corrected chi connectivity index (χ3v) is 3.64. The number of aromatic nitrogens is 1. The lowest BCUT2D eigenvalue weighted by Gasteiger charge is -2.13. The van der Waals surface area contributed by atoms with Crippen molar-refractivity contribution in [1.82, 2.24) is 10.3 Å². The predicted octanol–water partition coefficient (Wildman–Crippen LogP) is 3.80. The van der Waals surface area contributed by atoms with Gasteiger partial charge in [-0.3, -0.25) is 4.79 Å². The number of carbonyl (C=O) groups is 1. The monoisotopic (exact) mass is 391 g/mol. The number of halogens is 4. The van der Waals surface area contributed by atoms with Crippen LogP contribution in [-0.2, 0) is 4.79 Å². The maximum absolute atomic E-state index is 12.7. The minimum Gasteiger partial charge on any atom is -0.477 e. The highest BCUT2D eigenvalue weighted by Gasteiger charge is 2.37. The molecule has 1 unspecified atom stereocenters. The van der Waals surface area contributed by atoms with Crippen LogP contribution in [0.2, 0.25) is 0 Å². The molecule has 1 heterocycles. The first-order chi connectivity index (χ1) is 12.6. The smallest absolute Gasteiger partial charge is 0.326 e. The Bertz CT molecular complexity index is 639. The van der Waals surface area contributed by atoms with Crippen molar-refractivity contribution in [3.05, 3.63) is 30.0 Å². The number of ether oxygens (including phenoxy) is 1. The van der Waals surface area contributed by atoms with E-state index in [1.165, 1.54) is 0 Å². The number of carbonyl (C=O) groups excluding carboxylic acids is 1. The van der Waals surface area contributed by atoms with Crippen LogP contribution < -0.4 is 15.4 Å². The molecule has 2 N–H and O–H groups in total. The van der Waals surface area contributed by atoms with E-state index in [1.54, 1.807) is 12.1 Å². The molecule has 0 aliphatic rings. The number of nitrogens with zero attached hydrogens (tertiary/aromatic N) is 1. The van der Waals surface area contributed by atoms with E-state index in [1.807, 2.05) is 6.92 Å². The van der Waals surface area contributed by atoms with E-state index in [4.69, 9.17) is 4.74 Å². The molecule has 1 aromatic heterocycles. The van der Waals surface area contributed by atoms with Crippen molar-refractivity contribution in [2.45, 2.75) is 39.5 Å². The zero-order valence-corrected chi connectivity index (χ0v) is 15.6. The van der Waals surface area contributed by atoms with Crippen LogP contribution in [0.15, 0.2) is 24.3 Å². The summed E-state index contributed by atoms with van der Waals surface area (Å²) in [6, 6.07) is 3.52. The summed E-state index contributed by atoms with van der Waals surface area (Å²) in [5.41, 5.74) is 1.48. The van der Waals surface area contributed by atoms with Crippen LogP contribution in [0.3, 0.4) is 0 Å². The van der Waals surface area contributed by atoms with E-state index >= 15 is 0 Å². The lowest BCUT2D eigenvalue weighted by Crippen LogP contribution is -2.29. The molecule has 0 fully saturated rings. The molecule has 0 aliphatic heterocycles. The minimum absolute atomic E-state index is 0.104. The Morgan fingerprint density at radius 2 is 2.04 bits per heavy atom. The van der Waals surface area contributed by atoms with Gasteiger partial charge in [0, 0.05) is 36.6 Å². The Hall–Kier alpha value is -2.32. The summed E-state index contributed by atoms with van der Waals surface area (Å²) in [7, 11) is 0. The average molecular weight is 391 g/mol. The zero-order valence-electron chi connectivity index (χ0n) is 15.6. The first-order valence-electron chi connectivity index (χ1n) is 8.62. The van der Waals surface area contributed by atoms with Gasteiger partial charge in [0.25, 0.3) is 0 Å². The second kappa shape index (κ2) is 10.7. The normalized spacial score (nSPS) is 13.0. The van der Waals surface area contributed by atoms with Gasteiger partial charge in [0.1, 0.15) is 0 Å². The number of anilines is 1. The number of rotatable bonds is 11. The number of hydrogen-bond acceptors (Lipinski definition) is 4. The second-order valence-electron chi connectivity index (χ2n) is 6.19. The van der Waals surface area contributed by atoms with Crippen molar-refractivity contribution in [3.63, 3.8) is 0 Å². The first-order valence-corrected chi connectivity index (χ1v) is 8.62. The van der Waals surface area contributed by atoms with Crippen LogP contribution in [0, 0.1) is 12.8 Å². The molecule has 0 bridgehead atoms. The van der Waals surface area contributed by atoms with Crippen molar-refractivity contribution in [1.29, 1.82) is 0 Å². The van der Waals surface area contributed by atoms with E-state index in [0.29, 0.717) is 31.0 Å². The van der Waals surface area contributed by atoms with Crippen LogP contribution in [0.4, 0.5) is 23.2 Å². The fourth-order valence-electron chi connectivity index (χ4n) is 1.87.